The maximum atomic E-state index is 13.8. The molecule has 0 saturated heterocycles. The fourth-order valence-corrected chi connectivity index (χ4v) is 5.34. The number of hydrogen-bond acceptors (Lipinski definition) is 4. The van der Waals surface area contributed by atoms with Crippen LogP contribution in [0.15, 0.2) is 83.8 Å². The van der Waals surface area contributed by atoms with Gasteiger partial charge in [-0.2, -0.15) is 4.31 Å². The summed E-state index contributed by atoms with van der Waals surface area (Å²) in [5.74, 6) is -0.878. The van der Waals surface area contributed by atoms with Crippen LogP contribution in [0.2, 0.25) is 10.0 Å². The standard InChI is InChI=1S/C28H31Cl2N3O4S/c1-20(2)31-28(35)26(17-21-9-5-4-6-10-21)33(18-22-11-7-8-12-25(22)30)27(34)19-32(3)38(36,37)24-15-13-23(29)14-16-24/h4-16,20,26H,17-19H2,1-3H3,(H,31,35). The van der Waals surface area contributed by atoms with Crippen LogP contribution in [0.1, 0.15) is 25.0 Å². The molecule has 3 rings (SSSR count). The molecule has 0 heterocycles. The Bertz CT molecular complexity index is 1350. The number of likely N-dealkylation sites (N-methyl/N-ethyl adjacent to an activating group) is 1. The topological polar surface area (TPSA) is 86.8 Å². The van der Waals surface area contributed by atoms with Crippen LogP contribution in [0.3, 0.4) is 0 Å². The molecule has 0 bridgehead atoms. The van der Waals surface area contributed by atoms with Gasteiger partial charge in [-0.15, -0.1) is 0 Å². The zero-order valence-corrected chi connectivity index (χ0v) is 23.8. The van der Waals surface area contributed by atoms with E-state index in [0.29, 0.717) is 15.6 Å². The Kier molecular flexibility index (Phi) is 10.3. The van der Waals surface area contributed by atoms with Gasteiger partial charge in [0, 0.05) is 36.1 Å². The lowest BCUT2D eigenvalue weighted by molar-refractivity contribution is -0.141. The molecule has 202 valence electrons. The molecular formula is C28H31Cl2N3O4S. The van der Waals surface area contributed by atoms with E-state index in [1.165, 1.54) is 36.2 Å². The largest absolute Gasteiger partial charge is 0.352 e. The van der Waals surface area contributed by atoms with Gasteiger partial charge >= 0.3 is 0 Å². The molecule has 0 saturated carbocycles. The highest BCUT2D eigenvalue weighted by Crippen LogP contribution is 2.22. The molecule has 1 unspecified atom stereocenters. The Hall–Kier alpha value is -2.91. The van der Waals surface area contributed by atoms with Crippen LogP contribution in [-0.4, -0.2) is 55.1 Å². The van der Waals surface area contributed by atoms with Gasteiger partial charge in [0.2, 0.25) is 21.8 Å². The summed E-state index contributed by atoms with van der Waals surface area (Å²) in [6, 6.07) is 21.0. The van der Waals surface area contributed by atoms with Crippen molar-refractivity contribution < 1.29 is 18.0 Å². The second kappa shape index (κ2) is 13.2. The van der Waals surface area contributed by atoms with Crippen molar-refractivity contribution in [3.8, 4) is 0 Å². The normalized spacial score (nSPS) is 12.4. The smallest absolute Gasteiger partial charge is 0.243 e. The minimum atomic E-state index is -3.99. The van der Waals surface area contributed by atoms with Gasteiger partial charge in [-0.05, 0) is 55.3 Å². The first kappa shape index (κ1) is 29.6. The number of rotatable bonds is 11. The van der Waals surface area contributed by atoms with Crippen LogP contribution in [-0.2, 0) is 32.6 Å². The molecular weight excluding hydrogens is 545 g/mol. The molecule has 10 heteroatoms. The molecule has 0 spiro atoms. The summed E-state index contributed by atoms with van der Waals surface area (Å²) < 4.78 is 27.3. The predicted octanol–water partition coefficient (Wildman–Crippen LogP) is 4.78. The lowest BCUT2D eigenvalue weighted by atomic mass is 10.0. The van der Waals surface area contributed by atoms with Crippen molar-refractivity contribution in [1.82, 2.24) is 14.5 Å². The summed E-state index contributed by atoms with van der Waals surface area (Å²) >= 11 is 12.3. The quantitative estimate of drug-likeness (QED) is 0.356. The van der Waals surface area contributed by atoms with Gasteiger partial charge in [-0.1, -0.05) is 71.7 Å². The third-order valence-corrected chi connectivity index (χ3v) is 8.32. The average molecular weight is 577 g/mol. The van der Waals surface area contributed by atoms with E-state index in [0.717, 1.165) is 9.87 Å². The van der Waals surface area contributed by atoms with Gasteiger partial charge in [0.25, 0.3) is 0 Å². The van der Waals surface area contributed by atoms with Crippen LogP contribution >= 0.6 is 23.2 Å². The number of carbonyl (C=O) groups is 2. The summed E-state index contributed by atoms with van der Waals surface area (Å²) in [6.07, 6.45) is 0.239. The number of sulfonamides is 1. The average Bonchev–Trinajstić information content (AvgIpc) is 2.87. The Labute approximate surface area is 234 Å². The van der Waals surface area contributed by atoms with E-state index in [-0.39, 0.29) is 29.8 Å². The van der Waals surface area contributed by atoms with Crippen LogP contribution in [0.4, 0.5) is 0 Å². The first-order valence-electron chi connectivity index (χ1n) is 12.1. The van der Waals surface area contributed by atoms with E-state index < -0.39 is 28.5 Å². The van der Waals surface area contributed by atoms with Gasteiger partial charge in [0.15, 0.2) is 0 Å². The van der Waals surface area contributed by atoms with Crippen molar-refractivity contribution in [1.29, 1.82) is 0 Å². The SMILES string of the molecule is CC(C)NC(=O)C(Cc1ccccc1)N(Cc1ccccc1Cl)C(=O)CN(C)S(=O)(=O)c1ccc(Cl)cc1. The first-order valence-corrected chi connectivity index (χ1v) is 14.3. The molecule has 0 radical (unpaired) electrons. The molecule has 7 nitrogen and oxygen atoms in total. The van der Waals surface area contributed by atoms with E-state index in [1.807, 2.05) is 44.2 Å². The fraction of sp³-hybridized carbons (Fsp3) is 0.286. The lowest BCUT2D eigenvalue weighted by Gasteiger charge is -2.33. The zero-order valence-electron chi connectivity index (χ0n) is 21.5. The van der Waals surface area contributed by atoms with Crippen LogP contribution < -0.4 is 5.32 Å². The van der Waals surface area contributed by atoms with Crippen LogP contribution in [0.5, 0.6) is 0 Å². The molecule has 3 aromatic rings. The Balaban J connectivity index is 1.98. The second-order valence-corrected chi connectivity index (χ2v) is 12.1. The molecule has 1 atom stereocenters. The molecule has 0 aliphatic heterocycles. The van der Waals surface area contributed by atoms with Crippen molar-refractivity contribution in [2.75, 3.05) is 13.6 Å². The minimum Gasteiger partial charge on any atom is -0.352 e. The second-order valence-electron chi connectivity index (χ2n) is 9.20. The Morgan fingerprint density at radius 1 is 0.895 bits per heavy atom. The Morgan fingerprint density at radius 3 is 2.11 bits per heavy atom. The highest BCUT2D eigenvalue weighted by atomic mass is 35.5. The van der Waals surface area contributed by atoms with E-state index in [4.69, 9.17) is 23.2 Å². The first-order chi connectivity index (χ1) is 18.0. The van der Waals surface area contributed by atoms with Gasteiger partial charge in [0.05, 0.1) is 11.4 Å². The van der Waals surface area contributed by atoms with Gasteiger partial charge in [-0.3, -0.25) is 9.59 Å². The number of carbonyl (C=O) groups excluding carboxylic acids is 2. The summed E-state index contributed by atoms with van der Waals surface area (Å²) in [7, 11) is -2.66. The van der Waals surface area contributed by atoms with Crippen LogP contribution in [0, 0.1) is 0 Å². The molecule has 0 aliphatic rings. The fourth-order valence-electron chi connectivity index (χ4n) is 3.90. The molecule has 3 aromatic carbocycles. The van der Waals surface area contributed by atoms with E-state index in [2.05, 4.69) is 5.32 Å². The van der Waals surface area contributed by atoms with Gasteiger partial charge in [0.1, 0.15) is 6.04 Å². The third-order valence-electron chi connectivity index (χ3n) is 5.88. The van der Waals surface area contributed by atoms with E-state index >= 15 is 0 Å². The monoisotopic (exact) mass is 575 g/mol. The minimum absolute atomic E-state index is 0.00763. The number of nitrogens with zero attached hydrogens (tertiary/aromatic N) is 2. The van der Waals surface area contributed by atoms with Crippen molar-refractivity contribution >= 4 is 45.0 Å². The summed E-state index contributed by atoms with van der Waals surface area (Å²) in [4.78, 5) is 28.6. The number of benzene rings is 3. The molecule has 0 aliphatic carbocycles. The zero-order chi connectivity index (χ0) is 27.9. The van der Waals surface area contributed by atoms with Gasteiger partial charge < -0.3 is 10.2 Å². The molecule has 0 aromatic heterocycles. The molecule has 0 fully saturated rings. The highest BCUT2D eigenvalue weighted by Gasteiger charge is 2.33. The summed E-state index contributed by atoms with van der Waals surface area (Å²) in [5.41, 5.74) is 1.50. The molecule has 38 heavy (non-hydrogen) atoms. The maximum absolute atomic E-state index is 13.8. The Morgan fingerprint density at radius 2 is 1.50 bits per heavy atom. The number of hydrogen-bond donors (Lipinski definition) is 1. The highest BCUT2D eigenvalue weighted by molar-refractivity contribution is 7.89. The van der Waals surface area contributed by atoms with Crippen molar-refractivity contribution in [3.05, 3.63) is 100 Å². The van der Waals surface area contributed by atoms with Crippen molar-refractivity contribution in [2.24, 2.45) is 0 Å². The van der Waals surface area contributed by atoms with Crippen LogP contribution in [0.25, 0.3) is 0 Å². The van der Waals surface area contributed by atoms with Crippen molar-refractivity contribution in [3.63, 3.8) is 0 Å². The maximum Gasteiger partial charge on any atom is 0.243 e. The lowest BCUT2D eigenvalue weighted by Crippen LogP contribution is -2.54. The van der Waals surface area contributed by atoms with Gasteiger partial charge in [-0.25, -0.2) is 8.42 Å². The van der Waals surface area contributed by atoms with E-state index in [9.17, 15) is 18.0 Å². The number of nitrogens with one attached hydrogen (secondary N) is 1. The van der Waals surface area contributed by atoms with E-state index in [1.54, 1.807) is 24.3 Å². The summed E-state index contributed by atoms with van der Waals surface area (Å²) in [5, 5.41) is 3.74. The number of amides is 2. The molecule has 2 amide bonds. The molecule has 1 N–H and O–H groups in total. The predicted molar refractivity (Wildman–Crippen MR) is 150 cm³/mol. The van der Waals surface area contributed by atoms with Crippen molar-refractivity contribution in [2.45, 2.75) is 43.8 Å². The number of halogens is 2. The summed E-state index contributed by atoms with van der Waals surface area (Å²) in [6.45, 7) is 3.22. The third kappa shape index (κ3) is 7.80.